The van der Waals surface area contributed by atoms with Gasteiger partial charge in [0.05, 0.1) is 19.3 Å². The Morgan fingerprint density at radius 3 is 2.77 bits per heavy atom. The van der Waals surface area contributed by atoms with Crippen molar-refractivity contribution in [2.24, 2.45) is 10.7 Å². The lowest BCUT2D eigenvalue weighted by atomic mass is 10.1. The van der Waals surface area contributed by atoms with Crippen molar-refractivity contribution in [2.45, 2.75) is 38.2 Å². The van der Waals surface area contributed by atoms with Crippen molar-refractivity contribution in [1.82, 2.24) is 10.2 Å². The van der Waals surface area contributed by atoms with Crippen LogP contribution in [0, 0.1) is 0 Å². The average Bonchev–Trinajstić information content (AvgIpc) is 2.54. The summed E-state index contributed by atoms with van der Waals surface area (Å²) in [5.74, 6) is 0.563. The van der Waals surface area contributed by atoms with E-state index >= 15 is 0 Å². The molecule has 0 bridgehead atoms. The molecule has 3 N–H and O–H groups in total. The van der Waals surface area contributed by atoms with Crippen molar-refractivity contribution in [3.05, 3.63) is 0 Å². The predicted octanol–water partition coefficient (Wildman–Crippen LogP) is 1.19. The Kier molecular flexibility index (Phi) is 11.2. The van der Waals surface area contributed by atoms with E-state index in [1.807, 2.05) is 0 Å². The highest BCUT2D eigenvalue weighted by Gasteiger charge is 2.13. The first-order valence-electron chi connectivity index (χ1n) is 8.30. The number of ether oxygens (including phenoxy) is 2. The van der Waals surface area contributed by atoms with Gasteiger partial charge in [0.1, 0.15) is 0 Å². The van der Waals surface area contributed by atoms with Gasteiger partial charge < -0.3 is 20.5 Å². The smallest absolute Gasteiger partial charge is 0.188 e. The van der Waals surface area contributed by atoms with E-state index in [2.05, 4.69) is 15.2 Å². The largest absolute Gasteiger partial charge is 0.379 e. The summed E-state index contributed by atoms with van der Waals surface area (Å²) in [6.07, 6.45) is 6.14. The van der Waals surface area contributed by atoms with Crippen LogP contribution < -0.4 is 11.1 Å². The molecule has 0 aromatic heterocycles. The van der Waals surface area contributed by atoms with E-state index in [1.165, 1.54) is 19.3 Å². The van der Waals surface area contributed by atoms with Gasteiger partial charge in [-0.05, 0) is 32.1 Å². The van der Waals surface area contributed by atoms with Gasteiger partial charge >= 0.3 is 0 Å². The number of halogens is 1. The molecular formula is C15H31IN4O2. The second-order valence-corrected chi connectivity index (χ2v) is 5.78. The average molecular weight is 426 g/mol. The molecular weight excluding hydrogens is 395 g/mol. The highest BCUT2D eigenvalue weighted by atomic mass is 127. The minimum absolute atomic E-state index is 0. The number of aliphatic imine (C=N–C) groups is 1. The van der Waals surface area contributed by atoms with Crippen LogP contribution in [0.2, 0.25) is 0 Å². The molecule has 2 heterocycles. The Labute approximate surface area is 151 Å². The molecule has 7 heteroatoms. The summed E-state index contributed by atoms with van der Waals surface area (Å²) in [5.41, 5.74) is 5.87. The van der Waals surface area contributed by atoms with Crippen molar-refractivity contribution in [3.8, 4) is 0 Å². The highest BCUT2D eigenvalue weighted by Crippen LogP contribution is 2.14. The molecule has 1 unspecified atom stereocenters. The SMILES string of the molecule is I.NC(=NCCCN1CCOCC1)NCCC1CCCCO1. The summed E-state index contributed by atoms with van der Waals surface area (Å²) < 4.78 is 11.0. The highest BCUT2D eigenvalue weighted by molar-refractivity contribution is 14.0. The maximum absolute atomic E-state index is 5.87. The van der Waals surface area contributed by atoms with Gasteiger partial charge in [0.25, 0.3) is 0 Å². The van der Waals surface area contributed by atoms with Crippen LogP contribution in [-0.4, -0.2) is 69.5 Å². The maximum Gasteiger partial charge on any atom is 0.188 e. The summed E-state index contributed by atoms with van der Waals surface area (Å²) in [7, 11) is 0. The molecule has 2 aliphatic rings. The van der Waals surface area contributed by atoms with Crippen LogP contribution in [0.5, 0.6) is 0 Å². The summed E-state index contributed by atoms with van der Waals surface area (Å²) in [5, 5.41) is 3.18. The third-order valence-electron chi connectivity index (χ3n) is 4.06. The van der Waals surface area contributed by atoms with E-state index in [0.717, 1.165) is 65.4 Å². The number of nitrogens with one attached hydrogen (secondary N) is 1. The van der Waals surface area contributed by atoms with Crippen molar-refractivity contribution in [1.29, 1.82) is 0 Å². The van der Waals surface area contributed by atoms with Crippen LogP contribution in [0.1, 0.15) is 32.1 Å². The van der Waals surface area contributed by atoms with Crippen molar-refractivity contribution in [3.63, 3.8) is 0 Å². The van der Waals surface area contributed by atoms with E-state index in [9.17, 15) is 0 Å². The van der Waals surface area contributed by atoms with E-state index in [1.54, 1.807) is 0 Å². The Bertz CT molecular complexity index is 306. The molecule has 1 atom stereocenters. The monoisotopic (exact) mass is 426 g/mol. The van der Waals surface area contributed by atoms with E-state index in [4.69, 9.17) is 15.2 Å². The zero-order valence-corrected chi connectivity index (χ0v) is 15.8. The lowest BCUT2D eigenvalue weighted by Crippen LogP contribution is -2.37. The molecule has 2 aliphatic heterocycles. The number of nitrogens with zero attached hydrogens (tertiary/aromatic N) is 2. The second kappa shape index (κ2) is 12.3. The summed E-state index contributed by atoms with van der Waals surface area (Å²) in [4.78, 5) is 6.80. The number of nitrogens with two attached hydrogens (primary N) is 1. The fourth-order valence-electron chi connectivity index (χ4n) is 2.77. The van der Waals surface area contributed by atoms with Crippen LogP contribution in [-0.2, 0) is 9.47 Å². The van der Waals surface area contributed by atoms with Crippen LogP contribution in [0.4, 0.5) is 0 Å². The van der Waals surface area contributed by atoms with E-state index < -0.39 is 0 Å². The second-order valence-electron chi connectivity index (χ2n) is 5.78. The molecule has 2 rings (SSSR count). The molecule has 0 radical (unpaired) electrons. The quantitative estimate of drug-likeness (QED) is 0.277. The first kappa shape index (κ1) is 19.9. The van der Waals surface area contributed by atoms with Gasteiger partial charge in [0, 0.05) is 39.3 Å². The minimum Gasteiger partial charge on any atom is -0.379 e. The van der Waals surface area contributed by atoms with Gasteiger partial charge in [-0.2, -0.15) is 0 Å². The molecule has 2 saturated heterocycles. The number of rotatable bonds is 7. The van der Waals surface area contributed by atoms with Gasteiger partial charge in [-0.25, -0.2) is 0 Å². The number of hydrogen-bond acceptors (Lipinski definition) is 4. The maximum atomic E-state index is 5.87. The topological polar surface area (TPSA) is 72.1 Å². The lowest BCUT2D eigenvalue weighted by molar-refractivity contribution is 0.0122. The third kappa shape index (κ3) is 8.50. The van der Waals surface area contributed by atoms with Crippen molar-refractivity contribution < 1.29 is 9.47 Å². The van der Waals surface area contributed by atoms with Gasteiger partial charge in [-0.15, -0.1) is 24.0 Å². The molecule has 0 spiro atoms. The fraction of sp³-hybridized carbons (Fsp3) is 0.933. The summed E-state index contributed by atoms with van der Waals surface area (Å²) >= 11 is 0. The zero-order chi connectivity index (χ0) is 14.8. The number of guanidine groups is 1. The summed E-state index contributed by atoms with van der Waals surface area (Å²) in [6, 6.07) is 0. The molecule has 0 aliphatic carbocycles. The first-order valence-corrected chi connectivity index (χ1v) is 8.30. The standard InChI is InChI=1S/C15H30N4O2.HI/c16-15(18-7-5-14-4-1-2-11-21-14)17-6-3-8-19-9-12-20-13-10-19;/h14H,1-13H2,(H3,16,17,18);1H. The molecule has 0 amide bonds. The van der Waals surface area contributed by atoms with Gasteiger partial charge in [0.2, 0.25) is 0 Å². The Morgan fingerprint density at radius 2 is 2.05 bits per heavy atom. The van der Waals surface area contributed by atoms with E-state index in [-0.39, 0.29) is 24.0 Å². The normalized spacial score (nSPS) is 23.8. The van der Waals surface area contributed by atoms with Crippen LogP contribution in [0.15, 0.2) is 4.99 Å². The molecule has 2 fully saturated rings. The molecule has 6 nitrogen and oxygen atoms in total. The minimum atomic E-state index is 0. The third-order valence-corrected chi connectivity index (χ3v) is 4.06. The molecule has 0 aromatic rings. The van der Waals surface area contributed by atoms with Crippen molar-refractivity contribution >= 4 is 29.9 Å². The lowest BCUT2D eigenvalue weighted by Gasteiger charge is -2.26. The molecule has 130 valence electrons. The van der Waals surface area contributed by atoms with Gasteiger partial charge in [0.15, 0.2) is 5.96 Å². The fourth-order valence-corrected chi connectivity index (χ4v) is 2.77. The van der Waals surface area contributed by atoms with Crippen molar-refractivity contribution in [2.75, 3.05) is 52.5 Å². The van der Waals surface area contributed by atoms with Crippen LogP contribution >= 0.6 is 24.0 Å². The zero-order valence-electron chi connectivity index (χ0n) is 13.5. The van der Waals surface area contributed by atoms with Crippen LogP contribution in [0.3, 0.4) is 0 Å². The van der Waals surface area contributed by atoms with Gasteiger partial charge in [-0.3, -0.25) is 9.89 Å². The Balaban J connectivity index is 0.00000242. The predicted molar refractivity (Wildman–Crippen MR) is 100.0 cm³/mol. The molecule has 22 heavy (non-hydrogen) atoms. The van der Waals surface area contributed by atoms with Gasteiger partial charge in [-0.1, -0.05) is 0 Å². The summed E-state index contributed by atoms with van der Waals surface area (Å²) in [6.45, 7) is 7.43. The number of hydrogen-bond donors (Lipinski definition) is 2. The Morgan fingerprint density at radius 1 is 1.23 bits per heavy atom. The molecule has 0 saturated carbocycles. The van der Waals surface area contributed by atoms with E-state index in [0.29, 0.717) is 12.1 Å². The van der Waals surface area contributed by atoms with Crippen LogP contribution in [0.25, 0.3) is 0 Å². The Hall–Kier alpha value is -0.120. The first-order chi connectivity index (χ1) is 10.3. The molecule has 0 aromatic carbocycles. The number of morpholine rings is 1.